The molecule has 2 amide bonds. The Morgan fingerprint density at radius 3 is 2.17 bits per heavy atom. The SMILES string of the molecule is CCCCCCCCCCCCCCC1(COC(=O)N(Cc2cccc[n+]2CC)C(C)=O)CCOC1. The third-order valence-corrected chi connectivity index (χ3v) is 7.54. The van der Waals surface area contributed by atoms with Crippen LogP contribution in [0.2, 0.25) is 0 Å². The van der Waals surface area contributed by atoms with Gasteiger partial charge in [0.15, 0.2) is 6.20 Å². The maximum Gasteiger partial charge on any atom is 0.417 e. The number of amides is 2. The molecule has 1 atom stereocenters. The van der Waals surface area contributed by atoms with Crippen molar-refractivity contribution >= 4 is 12.0 Å². The number of carbonyl (C=O) groups excluding carboxylic acids is 2. The zero-order valence-corrected chi connectivity index (χ0v) is 23.3. The number of pyridine rings is 1. The van der Waals surface area contributed by atoms with Gasteiger partial charge in [-0.15, -0.1) is 0 Å². The maximum absolute atomic E-state index is 12.9. The second-order valence-electron chi connectivity index (χ2n) is 10.6. The number of nitrogens with zero attached hydrogens (tertiary/aromatic N) is 2. The number of aryl methyl sites for hydroxylation is 1. The van der Waals surface area contributed by atoms with Crippen molar-refractivity contribution in [2.75, 3.05) is 19.8 Å². The number of hydrogen-bond acceptors (Lipinski definition) is 4. The molecule has 0 saturated carbocycles. The molecule has 0 aromatic carbocycles. The molecule has 1 fully saturated rings. The number of aromatic nitrogens is 1. The Balaban J connectivity index is 1.70. The molecule has 1 aromatic rings. The van der Waals surface area contributed by atoms with Crippen LogP contribution in [0.3, 0.4) is 0 Å². The van der Waals surface area contributed by atoms with Crippen LogP contribution in [0, 0.1) is 5.41 Å². The molecular weight excluding hydrogens is 452 g/mol. The van der Waals surface area contributed by atoms with Gasteiger partial charge in [-0.2, -0.15) is 0 Å². The third-order valence-electron chi connectivity index (χ3n) is 7.54. The van der Waals surface area contributed by atoms with Crippen molar-refractivity contribution in [3.63, 3.8) is 0 Å². The molecule has 1 aromatic heterocycles. The quantitative estimate of drug-likeness (QED) is 0.160. The number of imide groups is 1. The smallest absolute Gasteiger partial charge is 0.417 e. The summed E-state index contributed by atoms with van der Waals surface area (Å²) in [7, 11) is 0. The lowest BCUT2D eigenvalue weighted by molar-refractivity contribution is -0.701. The topological polar surface area (TPSA) is 59.7 Å². The van der Waals surface area contributed by atoms with Crippen LogP contribution in [0.25, 0.3) is 0 Å². The van der Waals surface area contributed by atoms with Gasteiger partial charge >= 0.3 is 6.09 Å². The minimum atomic E-state index is -0.560. The van der Waals surface area contributed by atoms with E-state index in [2.05, 4.69) is 6.92 Å². The fourth-order valence-corrected chi connectivity index (χ4v) is 5.10. The summed E-state index contributed by atoms with van der Waals surface area (Å²) in [5.41, 5.74) is 0.787. The lowest BCUT2D eigenvalue weighted by Gasteiger charge is -2.28. The van der Waals surface area contributed by atoms with Gasteiger partial charge in [-0.05, 0) is 19.8 Å². The molecule has 1 unspecified atom stereocenters. The summed E-state index contributed by atoms with van der Waals surface area (Å²) < 4.78 is 13.5. The Hall–Kier alpha value is -1.95. The van der Waals surface area contributed by atoms with Gasteiger partial charge < -0.3 is 9.47 Å². The summed E-state index contributed by atoms with van der Waals surface area (Å²) >= 11 is 0. The Morgan fingerprint density at radius 1 is 0.972 bits per heavy atom. The number of rotatable bonds is 18. The molecular formula is C30H51N2O4+. The van der Waals surface area contributed by atoms with Crippen LogP contribution in [-0.4, -0.2) is 36.7 Å². The fourth-order valence-electron chi connectivity index (χ4n) is 5.10. The molecule has 0 radical (unpaired) electrons. The average Bonchev–Trinajstić information content (AvgIpc) is 3.35. The summed E-state index contributed by atoms with van der Waals surface area (Å²) in [5.74, 6) is -0.302. The largest absolute Gasteiger partial charge is 0.448 e. The normalized spacial score (nSPS) is 17.3. The highest BCUT2D eigenvalue weighted by Gasteiger charge is 2.37. The van der Waals surface area contributed by atoms with Crippen LogP contribution >= 0.6 is 0 Å². The molecule has 204 valence electrons. The van der Waals surface area contributed by atoms with E-state index in [1.54, 1.807) is 0 Å². The van der Waals surface area contributed by atoms with Crippen LogP contribution in [0.4, 0.5) is 4.79 Å². The molecule has 6 heteroatoms. The molecule has 0 aliphatic carbocycles. The van der Waals surface area contributed by atoms with Crippen molar-refractivity contribution in [3.05, 3.63) is 30.1 Å². The van der Waals surface area contributed by atoms with Gasteiger partial charge in [-0.3, -0.25) is 4.79 Å². The number of unbranched alkanes of at least 4 members (excludes halogenated alkanes) is 11. The maximum atomic E-state index is 12.9. The van der Waals surface area contributed by atoms with Gasteiger partial charge in [0.2, 0.25) is 11.6 Å². The van der Waals surface area contributed by atoms with Crippen LogP contribution in [0.1, 0.15) is 116 Å². The molecule has 1 aliphatic rings. The standard InChI is InChI=1S/C30H51N2O4/c1-4-6-7-8-9-10-11-12-13-14-15-17-20-30(21-23-35-25-30)26-36-29(34)32(27(3)33)24-28-19-16-18-22-31(28)5-2/h16,18-19,22H,4-15,17,20-21,23-26H2,1-3H3/q+1. The van der Waals surface area contributed by atoms with Crippen molar-refractivity contribution in [1.29, 1.82) is 0 Å². The Bertz CT molecular complexity index is 761. The van der Waals surface area contributed by atoms with Crippen molar-refractivity contribution in [2.24, 2.45) is 5.41 Å². The number of hydrogen-bond donors (Lipinski definition) is 0. The monoisotopic (exact) mass is 503 g/mol. The Morgan fingerprint density at radius 2 is 1.61 bits per heavy atom. The Labute approximate surface area is 219 Å². The fraction of sp³-hybridized carbons (Fsp3) is 0.767. The highest BCUT2D eigenvalue weighted by Crippen LogP contribution is 2.35. The van der Waals surface area contributed by atoms with E-state index in [1.807, 2.05) is 35.9 Å². The van der Waals surface area contributed by atoms with Crippen molar-refractivity contribution in [3.8, 4) is 0 Å². The van der Waals surface area contributed by atoms with Crippen molar-refractivity contribution in [1.82, 2.24) is 4.90 Å². The summed E-state index contributed by atoms with van der Waals surface area (Å²) in [6.07, 6.45) is 19.3. The predicted octanol–water partition coefficient (Wildman–Crippen LogP) is 6.98. The molecule has 0 spiro atoms. The first kappa shape index (κ1) is 30.3. The van der Waals surface area contributed by atoms with Gasteiger partial charge in [0, 0.05) is 31.1 Å². The van der Waals surface area contributed by atoms with Gasteiger partial charge in [-0.1, -0.05) is 90.0 Å². The van der Waals surface area contributed by atoms with Crippen LogP contribution in [0.15, 0.2) is 24.4 Å². The summed E-state index contributed by atoms with van der Waals surface area (Å²) in [4.78, 5) is 26.4. The number of ether oxygens (including phenoxy) is 2. The third kappa shape index (κ3) is 11.0. The minimum absolute atomic E-state index is 0.118. The molecule has 1 aliphatic heterocycles. The lowest BCUT2D eigenvalue weighted by atomic mass is 9.82. The number of carbonyl (C=O) groups is 2. The van der Waals surface area contributed by atoms with E-state index >= 15 is 0 Å². The van der Waals surface area contributed by atoms with Gasteiger partial charge in [0.05, 0.1) is 6.61 Å². The van der Waals surface area contributed by atoms with E-state index in [4.69, 9.17) is 9.47 Å². The highest BCUT2D eigenvalue weighted by molar-refractivity contribution is 5.90. The molecule has 0 N–H and O–H groups in total. The van der Waals surface area contributed by atoms with E-state index in [9.17, 15) is 9.59 Å². The van der Waals surface area contributed by atoms with Gasteiger partial charge in [-0.25, -0.2) is 14.3 Å². The molecule has 0 bridgehead atoms. The average molecular weight is 504 g/mol. The zero-order chi connectivity index (χ0) is 26.1. The van der Waals surface area contributed by atoms with E-state index in [0.29, 0.717) is 19.8 Å². The van der Waals surface area contributed by atoms with Crippen LogP contribution < -0.4 is 4.57 Å². The predicted molar refractivity (Wildman–Crippen MR) is 143 cm³/mol. The highest BCUT2D eigenvalue weighted by atomic mass is 16.6. The van der Waals surface area contributed by atoms with E-state index in [-0.39, 0.29) is 17.9 Å². The minimum Gasteiger partial charge on any atom is -0.448 e. The summed E-state index contributed by atoms with van der Waals surface area (Å²) in [6, 6.07) is 5.81. The Kier molecular flexibility index (Phi) is 14.7. The van der Waals surface area contributed by atoms with E-state index in [1.165, 1.54) is 82.5 Å². The summed E-state index contributed by atoms with van der Waals surface area (Å²) in [5, 5.41) is 0. The second kappa shape index (κ2) is 17.5. The lowest BCUT2D eigenvalue weighted by Crippen LogP contribution is -2.44. The van der Waals surface area contributed by atoms with Gasteiger partial charge in [0.25, 0.3) is 0 Å². The summed E-state index contributed by atoms with van der Waals surface area (Å²) in [6.45, 7) is 8.38. The molecule has 2 heterocycles. The first-order valence-corrected chi connectivity index (χ1v) is 14.5. The zero-order valence-electron chi connectivity index (χ0n) is 23.3. The molecule has 36 heavy (non-hydrogen) atoms. The second-order valence-corrected chi connectivity index (χ2v) is 10.6. The van der Waals surface area contributed by atoms with Crippen molar-refractivity contribution in [2.45, 2.75) is 124 Å². The molecule has 2 rings (SSSR count). The van der Waals surface area contributed by atoms with E-state index in [0.717, 1.165) is 31.5 Å². The molecule has 6 nitrogen and oxygen atoms in total. The van der Waals surface area contributed by atoms with Crippen LogP contribution in [-0.2, 0) is 27.4 Å². The molecule has 1 saturated heterocycles. The van der Waals surface area contributed by atoms with Crippen molar-refractivity contribution < 1.29 is 23.6 Å². The first-order chi connectivity index (χ1) is 17.5. The van der Waals surface area contributed by atoms with E-state index < -0.39 is 6.09 Å². The van der Waals surface area contributed by atoms with Crippen LogP contribution in [0.5, 0.6) is 0 Å². The van der Waals surface area contributed by atoms with Gasteiger partial charge in [0.1, 0.15) is 19.7 Å². The first-order valence-electron chi connectivity index (χ1n) is 14.5.